The van der Waals surface area contributed by atoms with Crippen LogP contribution >= 0.6 is 0 Å². The van der Waals surface area contributed by atoms with Gasteiger partial charge in [-0.25, -0.2) is 0 Å². The molecule has 0 saturated heterocycles. The van der Waals surface area contributed by atoms with Gasteiger partial charge in [0, 0.05) is 18.5 Å². The molecule has 0 amide bonds. The van der Waals surface area contributed by atoms with E-state index in [0.717, 1.165) is 6.54 Å². The molecule has 0 heterocycles. The Labute approximate surface area is 128 Å². The highest BCUT2D eigenvalue weighted by atomic mass is 15.0. The second kappa shape index (κ2) is 6.44. The van der Waals surface area contributed by atoms with Crippen molar-refractivity contribution < 1.29 is 0 Å². The van der Waals surface area contributed by atoms with Crippen molar-refractivity contribution in [2.75, 3.05) is 0 Å². The normalized spacial score (nSPS) is 20.5. The maximum atomic E-state index is 3.74. The zero-order valence-corrected chi connectivity index (χ0v) is 13.1. The summed E-state index contributed by atoms with van der Waals surface area (Å²) in [6.07, 6.45) is 3.68. The molecular formula is C20H25N. The molecule has 1 aliphatic rings. The van der Waals surface area contributed by atoms with Crippen LogP contribution in [0.1, 0.15) is 47.9 Å². The van der Waals surface area contributed by atoms with Gasteiger partial charge in [0.15, 0.2) is 0 Å². The van der Waals surface area contributed by atoms with Crippen molar-refractivity contribution in [3.63, 3.8) is 0 Å². The minimum atomic E-state index is 0.656. The Morgan fingerprint density at radius 3 is 2.62 bits per heavy atom. The van der Waals surface area contributed by atoms with E-state index in [2.05, 4.69) is 67.7 Å². The molecule has 0 spiro atoms. The molecule has 0 bridgehead atoms. The largest absolute Gasteiger partial charge is 0.309 e. The zero-order chi connectivity index (χ0) is 14.7. The number of hydrogen-bond donors (Lipinski definition) is 1. The number of benzene rings is 2. The Bertz CT molecular complexity index is 588. The van der Waals surface area contributed by atoms with E-state index in [4.69, 9.17) is 0 Å². The third-order valence-electron chi connectivity index (χ3n) is 4.45. The molecule has 0 radical (unpaired) electrons. The van der Waals surface area contributed by atoms with Gasteiger partial charge >= 0.3 is 0 Å². The SMILES string of the molecule is CCCc1cc(C)ccc1CNC1CC1c1ccccc1. The van der Waals surface area contributed by atoms with E-state index in [1.54, 1.807) is 0 Å². The lowest BCUT2D eigenvalue weighted by atomic mass is 10.0. The van der Waals surface area contributed by atoms with Crippen molar-refractivity contribution in [1.29, 1.82) is 0 Å². The summed E-state index contributed by atoms with van der Waals surface area (Å²) < 4.78 is 0. The van der Waals surface area contributed by atoms with Crippen LogP contribution in [0.3, 0.4) is 0 Å². The summed E-state index contributed by atoms with van der Waals surface area (Å²) in [6.45, 7) is 5.44. The standard InChI is InChI=1S/C20H25N/c1-3-7-17-12-15(2)10-11-18(17)14-21-20-13-19(20)16-8-5-4-6-9-16/h4-6,8-12,19-21H,3,7,13-14H2,1-2H3. The lowest BCUT2D eigenvalue weighted by Crippen LogP contribution is -2.18. The summed E-state index contributed by atoms with van der Waals surface area (Å²) in [5.74, 6) is 0.714. The lowest BCUT2D eigenvalue weighted by Gasteiger charge is -2.11. The quantitative estimate of drug-likeness (QED) is 0.815. The summed E-state index contributed by atoms with van der Waals surface area (Å²) in [5, 5.41) is 3.74. The van der Waals surface area contributed by atoms with Crippen LogP contribution < -0.4 is 5.32 Å². The maximum Gasteiger partial charge on any atom is 0.0211 e. The minimum absolute atomic E-state index is 0.656. The molecule has 2 atom stereocenters. The molecule has 1 aliphatic carbocycles. The molecule has 0 aromatic heterocycles. The van der Waals surface area contributed by atoms with Crippen LogP contribution in [0.15, 0.2) is 48.5 Å². The molecule has 3 rings (SSSR count). The topological polar surface area (TPSA) is 12.0 Å². The second-order valence-corrected chi connectivity index (χ2v) is 6.26. The molecule has 2 aromatic rings. The summed E-state index contributed by atoms with van der Waals surface area (Å²) >= 11 is 0. The molecule has 2 unspecified atom stereocenters. The van der Waals surface area contributed by atoms with Crippen LogP contribution in [0.25, 0.3) is 0 Å². The van der Waals surface area contributed by atoms with Gasteiger partial charge in [0.1, 0.15) is 0 Å². The van der Waals surface area contributed by atoms with Crippen molar-refractivity contribution in [3.05, 3.63) is 70.8 Å². The molecule has 1 N–H and O–H groups in total. The second-order valence-electron chi connectivity index (χ2n) is 6.26. The highest BCUT2D eigenvalue weighted by Gasteiger charge is 2.37. The monoisotopic (exact) mass is 279 g/mol. The van der Waals surface area contributed by atoms with E-state index in [9.17, 15) is 0 Å². The molecule has 1 heteroatoms. The van der Waals surface area contributed by atoms with Gasteiger partial charge in [-0.15, -0.1) is 0 Å². The summed E-state index contributed by atoms with van der Waals surface area (Å²) in [6, 6.07) is 18.4. The third kappa shape index (κ3) is 3.54. The van der Waals surface area contributed by atoms with Crippen LogP contribution in [0.4, 0.5) is 0 Å². The van der Waals surface area contributed by atoms with Crippen molar-refractivity contribution >= 4 is 0 Å². The van der Waals surface area contributed by atoms with Crippen LogP contribution in [0.5, 0.6) is 0 Å². The first-order chi connectivity index (χ1) is 10.3. The third-order valence-corrected chi connectivity index (χ3v) is 4.45. The first kappa shape index (κ1) is 14.3. The van der Waals surface area contributed by atoms with E-state index < -0.39 is 0 Å². The fourth-order valence-electron chi connectivity index (χ4n) is 3.16. The number of nitrogens with one attached hydrogen (secondary N) is 1. The average molecular weight is 279 g/mol. The van der Waals surface area contributed by atoms with Gasteiger partial charge in [-0.2, -0.15) is 0 Å². The molecule has 1 saturated carbocycles. The van der Waals surface area contributed by atoms with E-state index in [0.29, 0.717) is 12.0 Å². The number of rotatable bonds is 6. The molecule has 0 aliphatic heterocycles. The Kier molecular flexibility index (Phi) is 4.40. The first-order valence-corrected chi connectivity index (χ1v) is 8.14. The van der Waals surface area contributed by atoms with Crippen LogP contribution in [-0.4, -0.2) is 6.04 Å². The van der Waals surface area contributed by atoms with Gasteiger partial charge in [-0.1, -0.05) is 67.4 Å². The van der Waals surface area contributed by atoms with Gasteiger partial charge in [0.05, 0.1) is 0 Å². The van der Waals surface area contributed by atoms with E-state index in [1.165, 1.54) is 41.5 Å². The highest BCUT2D eigenvalue weighted by Crippen LogP contribution is 2.40. The number of aryl methyl sites for hydroxylation is 2. The molecule has 1 fully saturated rings. The van der Waals surface area contributed by atoms with Gasteiger partial charge in [-0.05, 0) is 36.5 Å². The maximum absolute atomic E-state index is 3.74. The van der Waals surface area contributed by atoms with Crippen molar-refractivity contribution in [2.45, 2.75) is 51.6 Å². The van der Waals surface area contributed by atoms with Gasteiger partial charge in [0.2, 0.25) is 0 Å². The van der Waals surface area contributed by atoms with Gasteiger partial charge in [0.25, 0.3) is 0 Å². The van der Waals surface area contributed by atoms with Gasteiger partial charge < -0.3 is 5.32 Å². The molecule has 21 heavy (non-hydrogen) atoms. The minimum Gasteiger partial charge on any atom is -0.309 e. The number of hydrogen-bond acceptors (Lipinski definition) is 1. The zero-order valence-electron chi connectivity index (χ0n) is 13.1. The summed E-state index contributed by atoms with van der Waals surface area (Å²) in [4.78, 5) is 0. The van der Waals surface area contributed by atoms with E-state index >= 15 is 0 Å². The van der Waals surface area contributed by atoms with E-state index in [-0.39, 0.29) is 0 Å². The Morgan fingerprint density at radius 2 is 1.86 bits per heavy atom. The van der Waals surface area contributed by atoms with Crippen molar-refractivity contribution in [3.8, 4) is 0 Å². The molecular weight excluding hydrogens is 254 g/mol. The van der Waals surface area contributed by atoms with E-state index in [1.807, 2.05) is 0 Å². The Morgan fingerprint density at radius 1 is 1.05 bits per heavy atom. The molecule has 1 nitrogen and oxygen atoms in total. The fourth-order valence-corrected chi connectivity index (χ4v) is 3.16. The average Bonchev–Trinajstić information content (AvgIpc) is 3.27. The summed E-state index contributed by atoms with van der Waals surface area (Å²) in [5.41, 5.74) is 5.84. The predicted octanol–water partition coefficient (Wildman–Crippen LogP) is 4.59. The van der Waals surface area contributed by atoms with Crippen molar-refractivity contribution in [1.82, 2.24) is 5.32 Å². The molecule has 110 valence electrons. The first-order valence-electron chi connectivity index (χ1n) is 8.14. The van der Waals surface area contributed by atoms with Crippen LogP contribution in [0, 0.1) is 6.92 Å². The highest BCUT2D eigenvalue weighted by molar-refractivity contribution is 5.32. The van der Waals surface area contributed by atoms with Crippen LogP contribution in [0.2, 0.25) is 0 Å². The van der Waals surface area contributed by atoms with Crippen LogP contribution in [-0.2, 0) is 13.0 Å². The fraction of sp³-hybridized carbons (Fsp3) is 0.400. The lowest BCUT2D eigenvalue weighted by molar-refractivity contribution is 0.666. The Balaban J connectivity index is 1.59. The predicted molar refractivity (Wildman–Crippen MR) is 89.6 cm³/mol. The summed E-state index contributed by atoms with van der Waals surface area (Å²) in [7, 11) is 0. The Hall–Kier alpha value is -1.60. The smallest absolute Gasteiger partial charge is 0.0211 e. The molecule has 2 aromatic carbocycles. The van der Waals surface area contributed by atoms with Gasteiger partial charge in [-0.3, -0.25) is 0 Å². The van der Waals surface area contributed by atoms with Crippen molar-refractivity contribution in [2.24, 2.45) is 0 Å².